The summed E-state index contributed by atoms with van der Waals surface area (Å²) in [6.45, 7) is 3.73. The number of aromatic carboxylic acids is 1. The lowest BCUT2D eigenvalue weighted by Crippen LogP contribution is -2.15. The fourth-order valence-corrected chi connectivity index (χ4v) is 3.35. The van der Waals surface area contributed by atoms with Gasteiger partial charge in [-0.3, -0.25) is 4.79 Å². The predicted octanol–water partition coefficient (Wildman–Crippen LogP) is 2.97. The lowest BCUT2D eigenvalue weighted by molar-refractivity contribution is 0.0697. The van der Waals surface area contributed by atoms with Crippen LogP contribution in [0.5, 0.6) is 5.88 Å². The number of thiophene rings is 1. The van der Waals surface area contributed by atoms with Crippen molar-refractivity contribution >= 4 is 28.2 Å². The van der Waals surface area contributed by atoms with E-state index in [-0.39, 0.29) is 17.0 Å². The Hall–Kier alpha value is -2.41. The zero-order valence-corrected chi connectivity index (χ0v) is 13.3. The molecule has 0 unspecified atom stereocenters. The van der Waals surface area contributed by atoms with Gasteiger partial charge in [-0.05, 0) is 31.0 Å². The average molecular weight is 320 g/mol. The first-order valence-corrected chi connectivity index (χ1v) is 7.47. The Balaban J connectivity index is 2.39. The number of hydrogen-bond acceptors (Lipinski definition) is 5. The standard InChI is InChI=1S/C15H16N2O4S/c1-4-9-8(2)22-14(11(9)15(19)20)17-12(18)10-6-5-7-16-13(10)21-3/h5-7H,4H2,1-3H3,(H,17,18)(H,19,20). The summed E-state index contributed by atoms with van der Waals surface area (Å²) in [5.74, 6) is -1.30. The van der Waals surface area contributed by atoms with Gasteiger partial charge in [-0.15, -0.1) is 11.3 Å². The fourth-order valence-electron chi connectivity index (χ4n) is 2.22. The Morgan fingerprint density at radius 2 is 2.18 bits per heavy atom. The molecule has 0 fully saturated rings. The summed E-state index contributed by atoms with van der Waals surface area (Å²) < 4.78 is 5.05. The molecular weight excluding hydrogens is 304 g/mol. The van der Waals surface area contributed by atoms with Crippen LogP contribution in [0.1, 0.15) is 38.1 Å². The van der Waals surface area contributed by atoms with Crippen molar-refractivity contribution in [2.45, 2.75) is 20.3 Å². The van der Waals surface area contributed by atoms with Crippen molar-refractivity contribution in [3.8, 4) is 5.88 Å². The average Bonchev–Trinajstić information content (AvgIpc) is 2.82. The van der Waals surface area contributed by atoms with E-state index in [1.54, 1.807) is 12.1 Å². The minimum absolute atomic E-state index is 0.154. The molecule has 0 radical (unpaired) electrons. The summed E-state index contributed by atoms with van der Waals surface area (Å²) in [6.07, 6.45) is 2.11. The molecule has 2 N–H and O–H groups in total. The third-order valence-corrected chi connectivity index (χ3v) is 4.28. The summed E-state index contributed by atoms with van der Waals surface area (Å²) in [5, 5.41) is 12.4. The molecule has 0 bridgehead atoms. The molecule has 0 aromatic carbocycles. The Morgan fingerprint density at radius 1 is 1.45 bits per heavy atom. The number of carboxylic acid groups (broad SMARTS) is 1. The molecular formula is C15H16N2O4S. The van der Waals surface area contributed by atoms with Crippen molar-refractivity contribution in [1.29, 1.82) is 0 Å². The molecule has 6 nitrogen and oxygen atoms in total. The van der Waals surface area contributed by atoms with Crippen molar-refractivity contribution < 1.29 is 19.4 Å². The van der Waals surface area contributed by atoms with Crippen molar-refractivity contribution in [1.82, 2.24) is 4.98 Å². The van der Waals surface area contributed by atoms with Gasteiger partial charge in [0.1, 0.15) is 10.6 Å². The summed E-state index contributed by atoms with van der Waals surface area (Å²) in [5.41, 5.74) is 1.15. The van der Waals surface area contributed by atoms with Gasteiger partial charge in [0.25, 0.3) is 5.91 Å². The number of ether oxygens (including phenoxy) is 1. The zero-order chi connectivity index (χ0) is 16.3. The summed E-state index contributed by atoms with van der Waals surface area (Å²) >= 11 is 1.26. The van der Waals surface area contributed by atoms with Crippen molar-refractivity contribution in [2.24, 2.45) is 0 Å². The van der Waals surface area contributed by atoms with Crippen LogP contribution in [-0.4, -0.2) is 29.1 Å². The largest absolute Gasteiger partial charge is 0.480 e. The van der Waals surface area contributed by atoms with Gasteiger partial charge in [0.15, 0.2) is 0 Å². The first-order chi connectivity index (χ1) is 10.5. The highest BCUT2D eigenvalue weighted by Gasteiger charge is 2.23. The molecule has 7 heteroatoms. The fraction of sp³-hybridized carbons (Fsp3) is 0.267. The minimum Gasteiger partial charge on any atom is -0.480 e. The molecule has 116 valence electrons. The van der Waals surface area contributed by atoms with E-state index in [1.165, 1.54) is 24.6 Å². The van der Waals surface area contributed by atoms with E-state index >= 15 is 0 Å². The maximum absolute atomic E-state index is 12.4. The van der Waals surface area contributed by atoms with Gasteiger partial charge in [-0.25, -0.2) is 9.78 Å². The summed E-state index contributed by atoms with van der Waals surface area (Å²) in [4.78, 5) is 28.7. The number of hydrogen-bond donors (Lipinski definition) is 2. The Labute approximate surface area is 131 Å². The van der Waals surface area contributed by atoms with Gasteiger partial charge < -0.3 is 15.2 Å². The molecule has 0 spiro atoms. The SMILES string of the molecule is CCc1c(C)sc(NC(=O)c2cccnc2OC)c1C(=O)O. The van der Waals surface area contributed by atoms with E-state index in [0.717, 1.165) is 10.4 Å². The first kappa shape index (κ1) is 16.0. The molecule has 2 heterocycles. The smallest absolute Gasteiger partial charge is 0.339 e. The van der Waals surface area contributed by atoms with Crippen molar-refractivity contribution in [3.63, 3.8) is 0 Å². The summed E-state index contributed by atoms with van der Waals surface area (Å²) in [6, 6.07) is 3.19. The van der Waals surface area contributed by atoms with Crippen LogP contribution in [0.4, 0.5) is 5.00 Å². The highest BCUT2D eigenvalue weighted by atomic mass is 32.1. The number of amides is 1. The second-order valence-corrected chi connectivity index (χ2v) is 5.74. The van der Waals surface area contributed by atoms with Crippen LogP contribution in [0.2, 0.25) is 0 Å². The van der Waals surface area contributed by atoms with Crippen LogP contribution >= 0.6 is 11.3 Å². The van der Waals surface area contributed by atoms with Crippen LogP contribution < -0.4 is 10.1 Å². The van der Waals surface area contributed by atoms with Crippen LogP contribution in [0, 0.1) is 6.92 Å². The molecule has 2 rings (SSSR count). The number of rotatable bonds is 5. The second-order valence-electron chi connectivity index (χ2n) is 4.51. The molecule has 22 heavy (non-hydrogen) atoms. The number of nitrogens with zero attached hydrogens (tertiary/aromatic N) is 1. The van der Waals surface area contributed by atoms with E-state index in [2.05, 4.69) is 10.3 Å². The van der Waals surface area contributed by atoms with E-state index in [1.807, 2.05) is 13.8 Å². The van der Waals surface area contributed by atoms with Crippen LogP contribution in [0.15, 0.2) is 18.3 Å². The number of nitrogens with one attached hydrogen (secondary N) is 1. The van der Waals surface area contributed by atoms with Crippen LogP contribution in [0.3, 0.4) is 0 Å². The number of carbonyl (C=O) groups excluding carboxylic acids is 1. The van der Waals surface area contributed by atoms with E-state index < -0.39 is 11.9 Å². The van der Waals surface area contributed by atoms with Crippen molar-refractivity contribution in [2.75, 3.05) is 12.4 Å². The van der Waals surface area contributed by atoms with Gasteiger partial charge in [0.2, 0.25) is 5.88 Å². The van der Waals surface area contributed by atoms with E-state index in [0.29, 0.717) is 11.4 Å². The van der Waals surface area contributed by atoms with Gasteiger partial charge in [0, 0.05) is 11.1 Å². The predicted molar refractivity (Wildman–Crippen MR) is 84.1 cm³/mol. The maximum atomic E-state index is 12.4. The number of carbonyl (C=O) groups is 2. The molecule has 1 amide bonds. The molecule has 0 aliphatic rings. The van der Waals surface area contributed by atoms with Crippen LogP contribution in [-0.2, 0) is 6.42 Å². The molecule has 2 aromatic heterocycles. The highest BCUT2D eigenvalue weighted by molar-refractivity contribution is 7.16. The third-order valence-electron chi connectivity index (χ3n) is 3.21. The molecule has 0 saturated carbocycles. The Bertz CT molecular complexity index is 724. The number of anilines is 1. The third kappa shape index (κ3) is 2.94. The van der Waals surface area contributed by atoms with Gasteiger partial charge in [-0.2, -0.15) is 0 Å². The maximum Gasteiger partial charge on any atom is 0.339 e. The van der Waals surface area contributed by atoms with Crippen LogP contribution in [0.25, 0.3) is 0 Å². The quantitative estimate of drug-likeness (QED) is 0.884. The Kier molecular flexibility index (Phi) is 4.77. The number of aromatic nitrogens is 1. The lowest BCUT2D eigenvalue weighted by Gasteiger charge is -2.08. The minimum atomic E-state index is -1.05. The van der Waals surface area contributed by atoms with E-state index in [4.69, 9.17) is 4.74 Å². The van der Waals surface area contributed by atoms with Gasteiger partial charge >= 0.3 is 5.97 Å². The Morgan fingerprint density at radius 3 is 2.77 bits per heavy atom. The number of carboxylic acids is 1. The second kappa shape index (κ2) is 6.57. The number of aryl methyl sites for hydroxylation is 1. The van der Waals surface area contributed by atoms with Gasteiger partial charge in [0.05, 0.1) is 12.7 Å². The molecule has 0 aliphatic carbocycles. The van der Waals surface area contributed by atoms with Crippen molar-refractivity contribution in [3.05, 3.63) is 39.9 Å². The highest BCUT2D eigenvalue weighted by Crippen LogP contribution is 2.34. The topological polar surface area (TPSA) is 88.5 Å². The number of pyridine rings is 1. The zero-order valence-electron chi connectivity index (χ0n) is 12.5. The molecule has 0 saturated heterocycles. The molecule has 2 aromatic rings. The molecule has 0 aliphatic heterocycles. The normalized spacial score (nSPS) is 10.3. The summed E-state index contributed by atoms with van der Waals surface area (Å²) in [7, 11) is 1.42. The van der Waals surface area contributed by atoms with E-state index in [9.17, 15) is 14.7 Å². The first-order valence-electron chi connectivity index (χ1n) is 6.65. The monoisotopic (exact) mass is 320 g/mol. The lowest BCUT2D eigenvalue weighted by atomic mass is 10.1. The van der Waals surface area contributed by atoms with Gasteiger partial charge in [-0.1, -0.05) is 6.92 Å². The molecule has 0 atom stereocenters. The number of methoxy groups -OCH3 is 1.